The molecule has 0 saturated heterocycles. The van der Waals surface area contributed by atoms with Crippen LogP contribution < -0.4 is 0 Å². The fourth-order valence-corrected chi connectivity index (χ4v) is 1.75. The van der Waals surface area contributed by atoms with Crippen molar-refractivity contribution in [1.82, 2.24) is 9.78 Å². The van der Waals surface area contributed by atoms with Gasteiger partial charge in [0.1, 0.15) is 6.10 Å². The lowest BCUT2D eigenvalue weighted by Gasteiger charge is -2.08. The summed E-state index contributed by atoms with van der Waals surface area (Å²) in [6.45, 7) is 2.78. The molecule has 5 heteroatoms. The minimum Gasteiger partial charge on any atom is -0.384 e. The fourth-order valence-electron chi connectivity index (χ4n) is 1.75. The van der Waals surface area contributed by atoms with E-state index in [9.17, 15) is 13.9 Å². The highest BCUT2D eigenvalue weighted by molar-refractivity contribution is 5.27. The van der Waals surface area contributed by atoms with Crippen LogP contribution >= 0.6 is 0 Å². The molecule has 3 nitrogen and oxygen atoms in total. The van der Waals surface area contributed by atoms with E-state index in [1.807, 2.05) is 6.92 Å². The predicted molar refractivity (Wildman–Crippen MR) is 62.9 cm³/mol. The van der Waals surface area contributed by atoms with Gasteiger partial charge in [0, 0.05) is 18.3 Å². The molecule has 2 rings (SSSR count). The van der Waals surface area contributed by atoms with Gasteiger partial charge in [-0.05, 0) is 24.1 Å². The predicted octanol–water partition coefficient (Wildman–Crippen LogP) is 2.65. The van der Waals surface area contributed by atoms with Gasteiger partial charge in [0.05, 0.1) is 6.20 Å². The zero-order valence-electron chi connectivity index (χ0n) is 9.98. The topological polar surface area (TPSA) is 38.0 Å². The monoisotopic (exact) mass is 252 g/mol. The third-order valence-corrected chi connectivity index (χ3v) is 2.68. The van der Waals surface area contributed by atoms with Gasteiger partial charge in [-0.3, -0.25) is 4.68 Å². The van der Waals surface area contributed by atoms with E-state index >= 15 is 0 Å². The number of rotatable bonds is 4. The molecule has 1 unspecified atom stereocenters. The molecule has 1 N–H and O–H groups in total. The second-order valence-electron chi connectivity index (χ2n) is 4.11. The van der Waals surface area contributed by atoms with E-state index in [-0.39, 0.29) is 0 Å². The summed E-state index contributed by atoms with van der Waals surface area (Å²) in [4.78, 5) is 0. The molecule has 18 heavy (non-hydrogen) atoms. The van der Waals surface area contributed by atoms with Crippen LogP contribution in [0.1, 0.15) is 30.6 Å². The van der Waals surface area contributed by atoms with Crippen molar-refractivity contribution < 1.29 is 13.9 Å². The van der Waals surface area contributed by atoms with E-state index in [1.54, 1.807) is 10.9 Å². The van der Waals surface area contributed by atoms with Gasteiger partial charge in [0.15, 0.2) is 11.6 Å². The Balaban J connectivity index is 2.23. The Hall–Kier alpha value is -1.75. The van der Waals surface area contributed by atoms with Crippen molar-refractivity contribution >= 4 is 0 Å². The summed E-state index contributed by atoms with van der Waals surface area (Å²) >= 11 is 0. The first-order chi connectivity index (χ1) is 8.61. The zero-order chi connectivity index (χ0) is 13.1. The largest absolute Gasteiger partial charge is 0.384 e. The summed E-state index contributed by atoms with van der Waals surface area (Å²) in [5.74, 6) is -1.89. The minimum absolute atomic E-state index is 0.310. The summed E-state index contributed by atoms with van der Waals surface area (Å²) in [5.41, 5.74) is 0.874. The lowest BCUT2D eigenvalue weighted by Crippen LogP contribution is -2.00. The highest BCUT2D eigenvalue weighted by atomic mass is 19.2. The molecule has 0 aliphatic heterocycles. The molecule has 1 heterocycles. The normalized spacial score (nSPS) is 12.7. The van der Waals surface area contributed by atoms with Crippen molar-refractivity contribution in [3.05, 3.63) is 53.4 Å². The van der Waals surface area contributed by atoms with Gasteiger partial charge in [0.2, 0.25) is 0 Å². The number of halogens is 2. The molecule has 0 aliphatic carbocycles. The Morgan fingerprint density at radius 2 is 2.06 bits per heavy atom. The van der Waals surface area contributed by atoms with Crippen LogP contribution in [0.3, 0.4) is 0 Å². The highest BCUT2D eigenvalue weighted by Gasteiger charge is 2.14. The summed E-state index contributed by atoms with van der Waals surface area (Å²) in [6, 6.07) is 3.36. The van der Waals surface area contributed by atoms with Crippen LogP contribution in [0, 0.1) is 11.6 Å². The average molecular weight is 252 g/mol. The minimum atomic E-state index is -0.995. The van der Waals surface area contributed by atoms with Crippen molar-refractivity contribution in [3.63, 3.8) is 0 Å². The molecule has 1 aromatic carbocycles. The van der Waals surface area contributed by atoms with E-state index in [2.05, 4.69) is 5.10 Å². The quantitative estimate of drug-likeness (QED) is 0.908. The van der Waals surface area contributed by atoms with Crippen molar-refractivity contribution in [1.29, 1.82) is 0 Å². The summed E-state index contributed by atoms with van der Waals surface area (Å²) in [7, 11) is 0. The lowest BCUT2D eigenvalue weighted by molar-refractivity contribution is 0.219. The lowest BCUT2D eigenvalue weighted by atomic mass is 10.0. The molecule has 0 spiro atoms. The second-order valence-corrected chi connectivity index (χ2v) is 4.11. The molecule has 0 saturated carbocycles. The maximum atomic E-state index is 13.1. The molecular weight excluding hydrogens is 238 g/mol. The molecule has 0 amide bonds. The number of aryl methyl sites for hydroxylation is 1. The van der Waals surface area contributed by atoms with Crippen molar-refractivity contribution in [2.45, 2.75) is 26.0 Å². The van der Waals surface area contributed by atoms with E-state index in [4.69, 9.17) is 0 Å². The number of nitrogens with zero attached hydrogens (tertiary/aromatic N) is 2. The molecule has 0 radical (unpaired) electrons. The average Bonchev–Trinajstić information content (AvgIpc) is 2.81. The van der Waals surface area contributed by atoms with E-state index in [0.717, 1.165) is 25.1 Å². The third-order valence-electron chi connectivity index (χ3n) is 2.68. The number of aromatic nitrogens is 2. The van der Waals surface area contributed by atoms with E-state index in [0.29, 0.717) is 11.1 Å². The SMILES string of the molecule is CCCn1cc(C(O)c2ccc(F)c(F)c2)cn1. The molecular formula is C13H14F2N2O. The van der Waals surface area contributed by atoms with E-state index < -0.39 is 17.7 Å². The number of benzene rings is 1. The maximum Gasteiger partial charge on any atom is 0.159 e. The van der Waals surface area contributed by atoms with Gasteiger partial charge in [-0.15, -0.1) is 0 Å². The van der Waals surface area contributed by atoms with Gasteiger partial charge in [-0.2, -0.15) is 5.10 Å². The number of hydrogen-bond donors (Lipinski definition) is 1. The Bertz CT molecular complexity index is 540. The standard InChI is InChI=1S/C13H14F2N2O/c1-2-5-17-8-10(7-16-17)13(18)9-3-4-11(14)12(15)6-9/h3-4,6-8,13,18H,2,5H2,1H3. The number of hydrogen-bond acceptors (Lipinski definition) is 2. The van der Waals surface area contributed by atoms with Crippen LogP contribution in [0.15, 0.2) is 30.6 Å². The van der Waals surface area contributed by atoms with Gasteiger partial charge in [-0.1, -0.05) is 13.0 Å². The Labute approximate surface area is 104 Å². The number of aliphatic hydroxyl groups excluding tert-OH is 1. The van der Waals surface area contributed by atoms with Crippen LogP contribution in [0.4, 0.5) is 8.78 Å². The van der Waals surface area contributed by atoms with Crippen molar-refractivity contribution in [3.8, 4) is 0 Å². The summed E-state index contributed by atoms with van der Waals surface area (Å²) in [6.07, 6.45) is 3.17. The van der Waals surface area contributed by atoms with Crippen LogP contribution in [0.25, 0.3) is 0 Å². The van der Waals surface area contributed by atoms with Crippen LogP contribution in [-0.2, 0) is 6.54 Å². The maximum absolute atomic E-state index is 13.1. The third kappa shape index (κ3) is 2.56. The first-order valence-corrected chi connectivity index (χ1v) is 5.77. The Morgan fingerprint density at radius 3 is 2.72 bits per heavy atom. The molecule has 0 bridgehead atoms. The van der Waals surface area contributed by atoms with Crippen LogP contribution in [0.2, 0.25) is 0 Å². The molecule has 1 atom stereocenters. The first kappa shape index (κ1) is 12.7. The van der Waals surface area contributed by atoms with Crippen LogP contribution in [-0.4, -0.2) is 14.9 Å². The zero-order valence-corrected chi connectivity index (χ0v) is 9.98. The van der Waals surface area contributed by atoms with Crippen molar-refractivity contribution in [2.24, 2.45) is 0 Å². The van der Waals surface area contributed by atoms with Gasteiger partial charge < -0.3 is 5.11 Å². The number of aliphatic hydroxyl groups is 1. The van der Waals surface area contributed by atoms with Gasteiger partial charge >= 0.3 is 0 Å². The van der Waals surface area contributed by atoms with Crippen molar-refractivity contribution in [2.75, 3.05) is 0 Å². The summed E-state index contributed by atoms with van der Waals surface area (Å²) in [5, 5.41) is 14.1. The Kier molecular flexibility index (Phi) is 3.72. The molecule has 0 fully saturated rings. The van der Waals surface area contributed by atoms with Gasteiger partial charge in [0.25, 0.3) is 0 Å². The highest BCUT2D eigenvalue weighted by Crippen LogP contribution is 2.22. The fraction of sp³-hybridized carbons (Fsp3) is 0.308. The summed E-state index contributed by atoms with van der Waals surface area (Å²) < 4.78 is 27.6. The second kappa shape index (κ2) is 5.27. The van der Waals surface area contributed by atoms with E-state index in [1.165, 1.54) is 12.3 Å². The smallest absolute Gasteiger partial charge is 0.159 e. The molecule has 96 valence electrons. The Morgan fingerprint density at radius 1 is 1.28 bits per heavy atom. The van der Waals surface area contributed by atoms with Gasteiger partial charge in [-0.25, -0.2) is 8.78 Å². The van der Waals surface area contributed by atoms with Crippen LogP contribution in [0.5, 0.6) is 0 Å². The first-order valence-electron chi connectivity index (χ1n) is 5.77. The molecule has 0 aliphatic rings. The molecule has 1 aromatic heterocycles. The molecule has 2 aromatic rings.